The van der Waals surface area contributed by atoms with Crippen LogP contribution in [0.2, 0.25) is 0 Å². The highest BCUT2D eigenvalue weighted by Crippen LogP contribution is 2.34. The largest absolute Gasteiger partial charge is 0.494 e. The van der Waals surface area contributed by atoms with Gasteiger partial charge in [0.05, 0.1) is 18.7 Å². The fraction of sp³-hybridized carbons (Fsp3) is 0.500. The molecule has 1 aromatic heterocycles. The van der Waals surface area contributed by atoms with Crippen LogP contribution in [-0.2, 0) is 22.5 Å². The molecule has 218 valence electrons. The fourth-order valence-corrected chi connectivity index (χ4v) is 5.07. The summed E-state index contributed by atoms with van der Waals surface area (Å²) < 4.78 is 41.5. The van der Waals surface area contributed by atoms with Gasteiger partial charge in [-0.2, -0.15) is 0 Å². The molecule has 6 heteroatoms. The molecule has 0 saturated heterocycles. The highest BCUT2D eigenvalue weighted by Gasteiger charge is 2.27. The molecule has 0 amide bonds. The number of aryl methyl sites for hydroxylation is 2. The maximum atomic E-state index is 14.2. The average molecular weight is 554 g/mol. The van der Waals surface area contributed by atoms with Crippen LogP contribution in [0.5, 0.6) is 5.75 Å². The Morgan fingerprint density at radius 1 is 1.02 bits per heavy atom. The van der Waals surface area contributed by atoms with Gasteiger partial charge in [0, 0.05) is 48.2 Å². The van der Waals surface area contributed by atoms with E-state index in [9.17, 15) is 13.6 Å². The van der Waals surface area contributed by atoms with Crippen molar-refractivity contribution in [2.75, 3.05) is 13.2 Å². The third-order valence-electron chi connectivity index (χ3n) is 7.11. The van der Waals surface area contributed by atoms with Gasteiger partial charge in [-0.3, -0.25) is 0 Å². The van der Waals surface area contributed by atoms with Gasteiger partial charge in [0.15, 0.2) is 0 Å². The molecule has 0 bridgehead atoms. The third kappa shape index (κ3) is 9.21. The van der Waals surface area contributed by atoms with Gasteiger partial charge in [0.1, 0.15) is 5.75 Å². The van der Waals surface area contributed by atoms with Crippen LogP contribution < -0.4 is 4.74 Å². The number of fused-ring (bicyclic) bond motifs is 1. The molecule has 3 aromatic rings. The summed E-state index contributed by atoms with van der Waals surface area (Å²) in [5.41, 5.74) is 6.18. The van der Waals surface area contributed by atoms with Crippen LogP contribution in [0, 0.1) is 12.8 Å². The predicted octanol–water partition coefficient (Wildman–Crippen LogP) is 9.31. The SMILES string of the molecule is C=CC(=O)OCCCC(F)(F)CCCOc1ccc2cc(-c3ccc(CCCCC)cc3C)n(CC(C)C)c2c1. The minimum Gasteiger partial charge on any atom is -0.494 e. The molecule has 3 rings (SSSR count). The number of rotatable bonds is 17. The summed E-state index contributed by atoms with van der Waals surface area (Å²) in [5.74, 6) is -2.27. The van der Waals surface area contributed by atoms with Crippen LogP contribution in [0.4, 0.5) is 8.78 Å². The molecule has 0 spiro atoms. The second-order valence-electron chi connectivity index (χ2n) is 11.1. The van der Waals surface area contributed by atoms with Gasteiger partial charge < -0.3 is 14.0 Å². The van der Waals surface area contributed by atoms with Gasteiger partial charge in [-0.25, -0.2) is 13.6 Å². The first-order valence-corrected chi connectivity index (χ1v) is 14.7. The van der Waals surface area contributed by atoms with Gasteiger partial charge >= 0.3 is 5.97 Å². The molecule has 0 N–H and O–H groups in total. The molecule has 0 aliphatic carbocycles. The van der Waals surface area contributed by atoms with Crippen molar-refractivity contribution in [2.24, 2.45) is 5.92 Å². The van der Waals surface area contributed by atoms with Crippen molar-refractivity contribution in [1.82, 2.24) is 4.57 Å². The van der Waals surface area contributed by atoms with E-state index >= 15 is 0 Å². The van der Waals surface area contributed by atoms with Crippen molar-refractivity contribution in [2.45, 2.75) is 91.5 Å². The molecule has 1 heterocycles. The normalized spacial score (nSPS) is 11.8. The molecule has 0 fully saturated rings. The van der Waals surface area contributed by atoms with Crippen molar-refractivity contribution in [1.29, 1.82) is 0 Å². The second kappa shape index (κ2) is 15.0. The smallest absolute Gasteiger partial charge is 0.330 e. The van der Waals surface area contributed by atoms with Crippen molar-refractivity contribution in [3.8, 4) is 17.0 Å². The third-order valence-corrected chi connectivity index (χ3v) is 7.11. The van der Waals surface area contributed by atoms with Gasteiger partial charge in [0.25, 0.3) is 0 Å². The number of ether oxygens (including phenoxy) is 2. The van der Waals surface area contributed by atoms with Crippen LogP contribution in [-0.4, -0.2) is 29.7 Å². The van der Waals surface area contributed by atoms with Crippen LogP contribution in [0.15, 0.2) is 55.1 Å². The Morgan fingerprint density at radius 2 is 1.77 bits per heavy atom. The zero-order valence-corrected chi connectivity index (χ0v) is 24.6. The molecule has 0 unspecified atom stereocenters. The number of hydrogen-bond donors (Lipinski definition) is 0. The fourth-order valence-electron chi connectivity index (χ4n) is 5.07. The van der Waals surface area contributed by atoms with Gasteiger partial charge in [-0.1, -0.05) is 58.4 Å². The van der Waals surface area contributed by atoms with E-state index in [4.69, 9.17) is 9.47 Å². The predicted molar refractivity (Wildman–Crippen MR) is 160 cm³/mol. The molecule has 0 radical (unpaired) electrons. The summed E-state index contributed by atoms with van der Waals surface area (Å²) in [6, 6.07) is 15.1. The number of benzene rings is 2. The zero-order chi connectivity index (χ0) is 29.1. The highest BCUT2D eigenvalue weighted by molar-refractivity contribution is 5.88. The summed E-state index contributed by atoms with van der Waals surface area (Å²) in [5, 5.41) is 1.14. The minimum atomic E-state index is -2.82. The quantitative estimate of drug-likeness (QED) is 0.0950. The van der Waals surface area contributed by atoms with E-state index in [-0.39, 0.29) is 38.9 Å². The first-order chi connectivity index (χ1) is 19.1. The Balaban J connectivity index is 1.68. The summed E-state index contributed by atoms with van der Waals surface area (Å²) >= 11 is 0. The standard InChI is InChI=1S/C34H45F2NO3/c1-6-8-9-12-27-13-16-30(26(5)21-27)32-22-28-14-15-29(23-31(28)37(32)24-25(3)4)39-19-10-17-34(35,36)18-11-20-40-33(38)7-2/h7,13-16,21-23,25H,2,6,8-12,17-20,24H2,1,3-5H3. The van der Waals surface area contributed by atoms with E-state index in [0.29, 0.717) is 11.7 Å². The minimum absolute atomic E-state index is 0.0302. The maximum absolute atomic E-state index is 14.2. The van der Waals surface area contributed by atoms with Crippen LogP contribution in [0.3, 0.4) is 0 Å². The molecule has 4 nitrogen and oxygen atoms in total. The van der Waals surface area contributed by atoms with E-state index in [1.165, 1.54) is 41.6 Å². The number of alkyl halides is 2. The maximum Gasteiger partial charge on any atom is 0.330 e. The van der Waals surface area contributed by atoms with E-state index in [0.717, 1.165) is 29.9 Å². The van der Waals surface area contributed by atoms with Crippen molar-refractivity contribution in [3.63, 3.8) is 0 Å². The monoisotopic (exact) mass is 553 g/mol. The second-order valence-corrected chi connectivity index (χ2v) is 11.1. The first-order valence-electron chi connectivity index (χ1n) is 14.7. The molecule has 2 aromatic carbocycles. The lowest BCUT2D eigenvalue weighted by Crippen LogP contribution is -2.18. The van der Waals surface area contributed by atoms with E-state index in [1.807, 2.05) is 12.1 Å². The lowest BCUT2D eigenvalue weighted by Gasteiger charge is -2.17. The van der Waals surface area contributed by atoms with Gasteiger partial charge in [-0.15, -0.1) is 0 Å². The van der Waals surface area contributed by atoms with Gasteiger partial charge in [-0.05, 0) is 67.9 Å². The topological polar surface area (TPSA) is 40.5 Å². The molecule has 0 saturated carbocycles. The van der Waals surface area contributed by atoms with Gasteiger partial charge in [0.2, 0.25) is 5.92 Å². The lowest BCUT2D eigenvalue weighted by atomic mass is 9.99. The summed E-state index contributed by atoms with van der Waals surface area (Å²) in [7, 11) is 0. The van der Waals surface area contributed by atoms with Crippen molar-refractivity contribution >= 4 is 16.9 Å². The Labute approximate surface area is 238 Å². The van der Waals surface area contributed by atoms with Crippen molar-refractivity contribution < 1.29 is 23.0 Å². The molecular weight excluding hydrogens is 508 g/mol. The number of unbranched alkanes of at least 4 members (excludes halogenated alkanes) is 2. The number of nitrogens with zero attached hydrogens (tertiary/aromatic N) is 1. The molecular formula is C34H45F2NO3. The summed E-state index contributed by atoms with van der Waals surface area (Å²) in [4.78, 5) is 11.0. The summed E-state index contributed by atoms with van der Waals surface area (Å²) in [6.45, 7) is 13.2. The highest BCUT2D eigenvalue weighted by atomic mass is 19.3. The molecule has 0 aliphatic rings. The number of hydrogen-bond acceptors (Lipinski definition) is 3. The lowest BCUT2D eigenvalue weighted by molar-refractivity contribution is -0.138. The first kappa shape index (κ1) is 31.4. The summed E-state index contributed by atoms with van der Waals surface area (Å²) in [6.07, 6.45) is 5.59. The van der Waals surface area contributed by atoms with Crippen LogP contribution in [0.1, 0.15) is 76.8 Å². The van der Waals surface area contributed by atoms with Crippen LogP contribution in [0.25, 0.3) is 22.2 Å². The van der Waals surface area contributed by atoms with E-state index in [1.54, 1.807) is 0 Å². The number of carbonyl (C=O) groups excluding carboxylic acids is 1. The zero-order valence-electron chi connectivity index (χ0n) is 24.6. The van der Waals surface area contributed by atoms with Crippen molar-refractivity contribution in [3.05, 3.63) is 66.2 Å². The molecule has 0 aliphatic heterocycles. The van der Waals surface area contributed by atoms with E-state index in [2.05, 4.69) is 69.2 Å². The Hall–Kier alpha value is -3.15. The Morgan fingerprint density at radius 3 is 2.45 bits per heavy atom. The molecule has 40 heavy (non-hydrogen) atoms. The van der Waals surface area contributed by atoms with E-state index < -0.39 is 11.9 Å². The number of halogens is 2. The number of carbonyl (C=O) groups is 1. The van der Waals surface area contributed by atoms with Crippen LogP contribution >= 0.6 is 0 Å². The Kier molecular flexibility index (Phi) is 11.8. The average Bonchev–Trinajstić information content (AvgIpc) is 3.26. The molecule has 0 atom stereocenters. The Bertz CT molecular complexity index is 1260. The number of esters is 1. The number of aromatic nitrogens is 1.